The van der Waals surface area contributed by atoms with E-state index in [-0.39, 0.29) is 25.5 Å². The van der Waals surface area contributed by atoms with Crippen molar-refractivity contribution < 1.29 is 9.53 Å². The van der Waals surface area contributed by atoms with E-state index in [1.807, 2.05) is 62.3 Å². The molecule has 1 amide bonds. The maximum atomic E-state index is 13.5. The van der Waals surface area contributed by atoms with Crippen molar-refractivity contribution in [3.05, 3.63) is 64.5 Å². The zero-order valence-corrected chi connectivity index (χ0v) is 21.7. The highest BCUT2D eigenvalue weighted by molar-refractivity contribution is 7.59. The fraction of sp³-hybridized carbons (Fsp3) is 0.360. The molecule has 3 heterocycles. The summed E-state index contributed by atoms with van der Waals surface area (Å²) in [5, 5.41) is 8.50. The van der Waals surface area contributed by atoms with E-state index in [0.29, 0.717) is 12.1 Å². The maximum Gasteiger partial charge on any atom is 0.262 e. The molecule has 1 unspecified atom stereocenters. The van der Waals surface area contributed by atoms with Crippen molar-refractivity contribution in [2.24, 2.45) is 0 Å². The highest BCUT2D eigenvalue weighted by atomic mass is 32.1. The third-order valence-electron chi connectivity index (χ3n) is 5.71. The average molecular weight is 500 g/mol. The molecule has 0 fully saturated rings. The number of carbonyl (C=O) groups is 1. The van der Waals surface area contributed by atoms with Crippen molar-refractivity contribution in [1.29, 1.82) is 0 Å². The molecule has 1 atom stereocenters. The lowest BCUT2D eigenvalue weighted by molar-refractivity contribution is 0.0990. The van der Waals surface area contributed by atoms with Gasteiger partial charge in [0.1, 0.15) is 17.7 Å². The summed E-state index contributed by atoms with van der Waals surface area (Å²) in [6.45, 7) is 4.97. The van der Waals surface area contributed by atoms with Crippen molar-refractivity contribution in [2.75, 3.05) is 55.4 Å². The van der Waals surface area contributed by atoms with Gasteiger partial charge in [-0.05, 0) is 44.1 Å². The monoisotopic (exact) mass is 499 g/mol. The lowest BCUT2D eigenvalue weighted by Gasteiger charge is -2.23. The Kier molecular flexibility index (Phi) is 9.20. The number of nitrogens with zero attached hydrogens (tertiary/aromatic N) is 3. The normalized spacial score (nSPS) is 14.1. The lowest BCUT2D eigenvalue weighted by Crippen LogP contribution is -2.33. The summed E-state index contributed by atoms with van der Waals surface area (Å²) in [5.74, 6) is 1.49. The number of hydrogen-bond donors (Lipinski definition) is 2. The Balaban J connectivity index is 0.00000324. The summed E-state index contributed by atoms with van der Waals surface area (Å²) < 4.78 is 6.39. The number of thiophene rings is 1. The number of pyridine rings is 1. The third kappa shape index (κ3) is 5.84. The van der Waals surface area contributed by atoms with Crippen LogP contribution in [0, 0.1) is 0 Å². The minimum Gasteiger partial charge on any atom is -0.485 e. The summed E-state index contributed by atoms with van der Waals surface area (Å²) >= 11 is 1.70. The molecule has 1 aromatic carbocycles. The number of anilines is 3. The van der Waals surface area contributed by atoms with E-state index in [1.165, 1.54) is 4.88 Å². The van der Waals surface area contributed by atoms with Gasteiger partial charge in [0, 0.05) is 62.0 Å². The summed E-state index contributed by atoms with van der Waals surface area (Å²) in [4.78, 5) is 23.1. The zero-order chi connectivity index (χ0) is 23.2. The van der Waals surface area contributed by atoms with E-state index in [9.17, 15) is 4.79 Å². The highest BCUT2D eigenvalue weighted by Crippen LogP contribution is 2.32. The summed E-state index contributed by atoms with van der Waals surface area (Å²) in [6.07, 6.45) is 2.50. The fourth-order valence-corrected chi connectivity index (χ4v) is 4.75. The molecule has 182 valence electrons. The first-order chi connectivity index (χ1) is 16.1. The largest absolute Gasteiger partial charge is 0.485 e. The van der Waals surface area contributed by atoms with E-state index >= 15 is 0 Å². The second kappa shape index (κ2) is 12.1. The van der Waals surface area contributed by atoms with Gasteiger partial charge in [-0.2, -0.15) is 13.5 Å². The van der Waals surface area contributed by atoms with Crippen molar-refractivity contribution >= 4 is 47.9 Å². The Labute approximate surface area is 212 Å². The van der Waals surface area contributed by atoms with Crippen molar-refractivity contribution in [3.63, 3.8) is 0 Å². The number of fused-ring (bicyclic) bond motifs is 1. The Morgan fingerprint density at radius 2 is 2.06 bits per heavy atom. The fourth-order valence-electron chi connectivity index (χ4n) is 3.97. The van der Waals surface area contributed by atoms with Crippen LogP contribution in [-0.2, 0) is 0 Å². The molecule has 9 heteroatoms. The number of ether oxygens (including phenoxy) is 1. The second-order valence-electron chi connectivity index (χ2n) is 8.01. The number of nitrogens with one attached hydrogen (secondary N) is 2. The molecule has 1 aliphatic heterocycles. The molecule has 0 aliphatic carbocycles. The Morgan fingerprint density at radius 3 is 2.79 bits per heavy atom. The Bertz CT molecular complexity index is 1080. The summed E-state index contributed by atoms with van der Waals surface area (Å²) in [6, 6.07) is 13.9. The Hall–Kier alpha value is -2.75. The van der Waals surface area contributed by atoms with E-state index in [1.54, 1.807) is 17.5 Å². The minimum absolute atomic E-state index is 0. The average Bonchev–Trinajstić information content (AvgIpc) is 3.33. The van der Waals surface area contributed by atoms with E-state index in [0.717, 1.165) is 49.0 Å². The molecule has 34 heavy (non-hydrogen) atoms. The van der Waals surface area contributed by atoms with Crippen molar-refractivity contribution in [3.8, 4) is 5.75 Å². The van der Waals surface area contributed by atoms with Crippen molar-refractivity contribution in [2.45, 2.75) is 19.4 Å². The second-order valence-corrected chi connectivity index (χ2v) is 8.99. The topological polar surface area (TPSA) is 69.7 Å². The summed E-state index contributed by atoms with van der Waals surface area (Å²) in [5.41, 5.74) is 2.33. The van der Waals surface area contributed by atoms with Crippen LogP contribution in [0.2, 0.25) is 0 Å². The minimum atomic E-state index is -0.0490. The van der Waals surface area contributed by atoms with Gasteiger partial charge in [-0.1, -0.05) is 12.1 Å². The molecule has 3 aromatic rings. The first-order valence-corrected chi connectivity index (χ1v) is 12.2. The molecular weight excluding hydrogens is 466 g/mol. The zero-order valence-electron chi connectivity index (χ0n) is 19.9. The standard InChI is InChI=1S/C25H31N5O2S.H2S/c1-4-27-24-16-21-20(17-28-24)25(31)30(13-12-29(21)3)18-7-5-8-19(15-18)32-22(10-11-26-2)23-9-6-14-33-23;/h5-9,14-17,22,26H,4,10-13H2,1-3H3,(H,27,28);1H2. The molecule has 0 saturated heterocycles. The number of aromatic nitrogens is 1. The maximum absolute atomic E-state index is 13.5. The van der Waals surface area contributed by atoms with Gasteiger partial charge in [0.25, 0.3) is 5.91 Å². The first kappa shape index (κ1) is 25.9. The van der Waals surface area contributed by atoms with Gasteiger partial charge < -0.3 is 25.2 Å². The van der Waals surface area contributed by atoms with Crippen molar-refractivity contribution in [1.82, 2.24) is 10.3 Å². The predicted octanol–water partition coefficient (Wildman–Crippen LogP) is 4.51. The van der Waals surface area contributed by atoms with Gasteiger partial charge in [-0.3, -0.25) is 4.79 Å². The van der Waals surface area contributed by atoms with Gasteiger partial charge in [0.15, 0.2) is 0 Å². The van der Waals surface area contributed by atoms with Gasteiger partial charge in [0.2, 0.25) is 0 Å². The van der Waals surface area contributed by atoms with Crippen LogP contribution in [0.4, 0.5) is 17.2 Å². The number of likely N-dealkylation sites (N-methyl/N-ethyl adjacent to an activating group) is 1. The van der Waals surface area contributed by atoms with Crippen LogP contribution in [0.5, 0.6) is 5.75 Å². The number of hydrogen-bond acceptors (Lipinski definition) is 7. The third-order valence-corrected chi connectivity index (χ3v) is 6.67. The molecule has 0 saturated carbocycles. The van der Waals surface area contributed by atoms with Gasteiger partial charge in [-0.15, -0.1) is 11.3 Å². The van der Waals surface area contributed by atoms with Crippen LogP contribution >= 0.6 is 24.8 Å². The van der Waals surface area contributed by atoms with Gasteiger partial charge in [0.05, 0.1) is 11.3 Å². The Morgan fingerprint density at radius 1 is 1.21 bits per heavy atom. The van der Waals surface area contributed by atoms with Crippen LogP contribution in [0.3, 0.4) is 0 Å². The molecule has 1 aliphatic rings. The SMILES string of the molecule is CCNc1cc2c(cn1)C(=O)N(c1cccc(OC(CCNC)c3cccs3)c1)CCN2C.S. The van der Waals surface area contributed by atoms with Gasteiger partial charge >= 0.3 is 0 Å². The van der Waals surface area contributed by atoms with E-state index in [4.69, 9.17) is 4.74 Å². The number of benzene rings is 1. The molecular formula is C25H33N5O2S2. The first-order valence-electron chi connectivity index (χ1n) is 11.3. The van der Waals surface area contributed by atoms with Crippen LogP contribution in [0.25, 0.3) is 0 Å². The molecule has 7 nitrogen and oxygen atoms in total. The molecule has 2 aromatic heterocycles. The quantitative estimate of drug-likeness (QED) is 0.451. The van der Waals surface area contributed by atoms with Crippen LogP contribution in [0.1, 0.15) is 34.7 Å². The highest BCUT2D eigenvalue weighted by Gasteiger charge is 2.27. The van der Waals surface area contributed by atoms with Crippen LogP contribution in [0.15, 0.2) is 54.0 Å². The molecule has 0 bridgehead atoms. The summed E-state index contributed by atoms with van der Waals surface area (Å²) in [7, 11) is 3.96. The van der Waals surface area contributed by atoms with E-state index < -0.39 is 0 Å². The lowest BCUT2D eigenvalue weighted by atomic mass is 10.1. The predicted molar refractivity (Wildman–Crippen MR) is 146 cm³/mol. The van der Waals surface area contributed by atoms with Crippen LogP contribution in [-0.4, -0.2) is 51.2 Å². The molecule has 0 spiro atoms. The molecule has 2 N–H and O–H groups in total. The molecule has 4 rings (SSSR count). The van der Waals surface area contributed by atoms with E-state index in [2.05, 4.69) is 32.0 Å². The number of amides is 1. The number of rotatable bonds is 9. The molecule has 0 radical (unpaired) electrons. The van der Waals surface area contributed by atoms with Gasteiger partial charge in [-0.25, -0.2) is 4.98 Å². The smallest absolute Gasteiger partial charge is 0.262 e. The van der Waals surface area contributed by atoms with Crippen LogP contribution < -0.4 is 25.2 Å². The number of carbonyl (C=O) groups excluding carboxylic acids is 1.